The molecule has 1 saturated heterocycles. The molecule has 2 atom stereocenters. The van der Waals surface area contributed by atoms with E-state index >= 15 is 0 Å². The number of ether oxygens (including phenoxy) is 3. The smallest absolute Gasteiger partial charge is 0.354 e. The SMILES string of the molecule is CCOC(=O)C1=NN(c2ccc(OC)cc2)[C@](C=O)(N2CCOCC2)[C@H]1CCN. The number of hydrazone groups is 1. The van der Waals surface area contributed by atoms with Crippen LogP contribution < -0.4 is 15.5 Å². The van der Waals surface area contributed by atoms with Gasteiger partial charge >= 0.3 is 5.97 Å². The van der Waals surface area contributed by atoms with Crippen molar-refractivity contribution < 1.29 is 23.8 Å². The Morgan fingerprint density at radius 1 is 1.34 bits per heavy atom. The van der Waals surface area contributed by atoms with Gasteiger partial charge in [0.2, 0.25) is 0 Å². The van der Waals surface area contributed by atoms with Crippen molar-refractivity contribution in [2.24, 2.45) is 16.8 Å². The van der Waals surface area contributed by atoms with Crippen LogP contribution in [0.4, 0.5) is 5.69 Å². The maximum absolute atomic E-state index is 12.7. The Labute approximate surface area is 170 Å². The minimum absolute atomic E-state index is 0.215. The van der Waals surface area contributed by atoms with Crippen molar-refractivity contribution in [1.29, 1.82) is 0 Å². The molecule has 29 heavy (non-hydrogen) atoms. The first kappa shape index (κ1) is 21.2. The third-order valence-corrected chi connectivity index (χ3v) is 5.34. The number of aldehydes is 1. The summed E-state index contributed by atoms with van der Waals surface area (Å²) in [4.78, 5) is 27.4. The first-order valence-corrected chi connectivity index (χ1v) is 9.81. The number of hydrogen-bond acceptors (Lipinski definition) is 9. The van der Waals surface area contributed by atoms with Gasteiger partial charge in [0.05, 0.1) is 38.5 Å². The fourth-order valence-electron chi connectivity index (χ4n) is 3.98. The van der Waals surface area contributed by atoms with Gasteiger partial charge in [-0.2, -0.15) is 5.10 Å². The zero-order chi connectivity index (χ0) is 20.9. The molecular formula is C20H28N4O5. The van der Waals surface area contributed by atoms with Gasteiger partial charge in [0.1, 0.15) is 5.75 Å². The predicted molar refractivity (Wildman–Crippen MR) is 108 cm³/mol. The molecule has 158 valence electrons. The zero-order valence-corrected chi connectivity index (χ0v) is 16.9. The van der Waals surface area contributed by atoms with Crippen molar-refractivity contribution in [2.75, 3.05) is 51.6 Å². The predicted octanol–water partition coefficient (Wildman–Crippen LogP) is 0.627. The van der Waals surface area contributed by atoms with E-state index in [1.54, 1.807) is 31.2 Å². The minimum atomic E-state index is -1.18. The second kappa shape index (κ2) is 9.34. The highest BCUT2D eigenvalue weighted by Crippen LogP contribution is 2.41. The van der Waals surface area contributed by atoms with Gasteiger partial charge < -0.3 is 19.9 Å². The van der Waals surface area contributed by atoms with Crippen LogP contribution in [0.25, 0.3) is 0 Å². The van der Waals surface area contributed by atoms with Crippen molar-refractivity contribution in [3.63, 3.8) is 0 Å². The van der Waals surface area contributed by atoms with E-state index in [1.165, 1.54) is 0 Å². The molecule has 0 aliphatic carbocycles. The summed E-state index contributed by atoms with van der Waals surface area (Å²) in [6.07, 6.45) is 1.29. The number of nitrogens with zero attached hydrogens (tertiary/aromatic N) is 3. The van der Waals surface area contributed by atoms with E-state index < -0.39 is 17.6 Å². The Hall–Kier alpha value is -2.49. The molecule has 0 unspecified atom stereocenters. The second-order valence-electron chi connectivity index (χ2n) is 6.85. The normalized spacial score (nSPS) is 24.9. The van der Waals surface area contributed by atoms with Crippen LogP contribution in [-0.2, 0) is 19.1 Å². The summed E-state index contributed by atoms with van der Waals surface area (Å²) in [6, 6.07) is 7.21. The van der Waals surface area contributed by atoms with Crippen LogP contribution >= 0.6 is 0 Å². The Bertz CT molecular complexity index is 748. The Morgan fingerprint density at radius 2 is 2.03 bits per heavy atom. The highest BCUT2D eigenvalue weighted by Gasteiger charge is 2.57. The van der Waals surface area contributed by atoms with Gasteiger partial charge in [0, 0.05) is 13.1 Å². The van der Waals surface area contributed by atoms with Crippen LogP contribution in [-0.4, -0.2) is 75.1 Å². The molecule has 0 aromatic heterocycles. The lowest BCUT2D eigenvalue weighted by Gasteiger charge is -2.47. The van der Waals surface area contributed by atoms with Crippen molar-refractivity contribution in [2.45, 2.75) is 19.0 Å². The lowest BCUT2D eigenvalue weighted by molar-refractivity contribution is -0.135. The molecule has 9 heteroatoms. The van der Waals surface area contributed by atoms with E-state index in [9.17, 15) is 9.59 Å². The van der Waals surface area contributed by atoms with Gasteiger partial charge in [-0.25, -0.2) is 9.80 Å². The summed E-state index contributed by atoms with van der Waals surface area (Å²) in [5.41, 5.74) is 5.58. The van der Waals surface area contributed by atoms with Crippen LogP contribution in [0.1, 0.15) is 13.3 Å². The number of rotatable bonds is 8. The summed E-state index contributed by atoms with van der Waals surface area (Å²) < 4.78 is 15.9. The van der Waals surface area contributed by atoms with Gasteiger partial charge in [0.15, 0.2) is 17.7 Å². The molecule has 3 rings (SSSR count). The fraction of sp³-hybridized carbons (Fsp3) is 0.550. The standard InChI is InChI=1S/C20H28N4O5/c1-3-29-19(26)18-17(8-9-21)20(14-25,23-10-12-28-13-11-23)24(22-18)15-4-6-16(27-2)7-5-15/h4-7,14,17H,3,8-13,21H2,1-2H3/t17-,20-/m0/s1. The molecule has 0 bridgehead atoms. The van der Waals surface area contributed by atoms with E-state index in [2.05, 4.69) is 5.10 Å². The molecule has 9 nitrogen and oxygen atoms in total. The monoisotopic (exact) mass is 404 g/mol. The first-order chi connectivity index (χ1) is 14.1. The maximum atomic E-state index is 12.7. The molecule has 1 fully saturated rings. The van der Waals surface area contributed by atoms with Crippen molar-refractivity contribution in [1.82, 2.24) is 4.90 Å². The molecule has 0 amide bonds. The molecule has 0 saturated carbocycles. The number of hydrogen-bond donors (Lipinski definition) is 1. The van der Waals surface area contributed by atoms with Crippen LogP contribution in [0.5, 0.6) is 5.75 Å². The Kier molecular flexibility index (Phi) is 6.83. The van der Waals surface area contributed by atoms with Crippen LogP contribution in [0, 0.1) is 5.92 Å². The third kappa shape index (κ3) is 3.85. The third-order valence-electron chi connectivity index (χ3n) is 5.34. The van der Waals surface area contributed by atoms with Crippen LogP contribution in [0.3, 0.4) is 0 Å². The van der Waals surface area contributed by atoms with Crippen molar-refractivity contribution in [3.05, 3.63) is 24.3 Å². The minimum Gasteiger partial charge on any atom is -0.497 e. The number of carbonyl (C=O) groups is 2. The van der Waals surface area contributed by atoms with Gasteiger partial charge in [-0.3, -0.25) is 9.69 Å². The maximum Gasteiger partial charge on any atom is 0.354 e. The largest absolute Gasteiger partial charge is 0.497 e. The number of nitrogens with two attached hydrogens (primary N) is 1. The highest BCUT2D eigenvalue weighted by atomic mass is 16.5. The number of esters is 1. The fourth-order valence-corrected chi connectivity index (χ4v) is 3.98. The molecule has 1 aromatic rings. The second-order valence-corrected chi connectivity index (χ2v) is 6.85. The van der Waals surface area contributed by atoms with Gasteiger partial charge in [-0.05, 0) is 44.2 Å². The van der Waals surface area contributed by atoms with E-state index in [-0.39, 0.29) is 12.3 Å². The van der Waals surface area contributed by atoms with Crippen LogP contribution in [0.2, 0.25) is 0 Å². The quantitative estimate of drug-likeness (QED) is 0.497. The molecule has 2 heterocycles. The van der Waals surface area contributed by atoms with Gasteiger partial charge in [0.25, 0.3) is 0 Å². The van der Waals surface area contributed by atoms with E-state index in [4.69, 9.17) is 19.9 Å². The molecule has 0 radical (unpaired) electrons. The lowest BCUT2D eigenvalue weighted by Crippen LogP contribution is -2.66. The molecule has 1 aromatic carbocycles. The topological polar surface area (TPSA) is 107 Å². The number of carbonyl (C=O) groups excluding carboxylic acids is 2. The van der Waals surface area contributed by atoms with E-state index in [0.29, 0.717) is 50.7 Å². The average molecular weight is 404 g/mol. The lowest BCUT2D eigenvalue weighted by atomic mass is 9.84. The summed E-state index contributed by atoms with van der Waals surface area (Å²) in [5, 5.41) is 6.22. The Morgan fingerprint density at radius 3 is 2.59 bits per heavy atom. The van der Waals surface area contributed by atoms with Gasteiger partial charge in [-0.15, -0.1) is 0 Å². The molecule has 0 spiro atoms. The summed E-state index contributed by atoms with van der Waals surface area (Å²) in [6.45, 7) is 4.34. The number of anilines is 1. The Balaban J connectivity index is 2.12. The zero-order valence-electron chi connectivity index (χ0n) is 16.9. The molecule has 2 aliphatic heterocycles. The van der Waals surface area contributed by atoms with Crippen molar-refractivity contribution in [3.8, 4) is 5.75 Å². The van der Waals surface area contributed by atoms with Crippen LogP contribution in [0.15, 0.2) is 29.4 Å². The van der Waals surface area contributed by atoms with E-state index in [1.807, 2.05) is 17.0 Å². The van der Waals surface area contributed by atoms with Gasteiger partial charge in [-0.1, -0.05) is 0 Å². The molecule has 2 N–H and O–H groups in total. The van der Waals surface area contributed by atoms with E-state index in [0.717, 1.165) is 6.29 Å². The summed E-state index contributed by atoms with van der Waals surface area (Å²) >= 11 is 0. The number of morpholine rings is 1. The van der Waals surface area contributed by atoms with Crippen molar-refractivity contribution >= 4 is 23.7 Å². The highest BCUT2D eigenvalue weighted by molar-refractivity contribution is 6.39. The number of methoxy groups -OCH3 is 1. The first-order valence-electron chi connectivity index (χ1n) is 9.81. The molecule has 2 aliphatic rings. The molecular weight excluding hydrogens is 376 g/mol. The summed E-state index contributed by atoms with van der Waals surface area (Å²) in [5.74, 6) is -0.366. The average Bonchev–Trinajstić information content (AvgIpc) is 3.10. The number of benzene rings is 1. The summed E-state index contributed by atoms with van der Waals surface area (Å²) in [7, 11) is 1.59.